The van der Waals surface area contributed by atoms with Crippen LogP contribution < -0.4 is 31.5 Å². The number of carbonyl (C=O) groups excluding carboxylic acids is 1. The van der Waals surface area contributed by atoms with E-state index in [9.17, 15) is 14.4 Å². The first kappa shape index (κ1) is 23.6. The van der Waals surface area contributed by atoms with Gasteiger partial charge in [-0.05, 0) is 37.1 Å². The van der Waals surface area contributed by atoms with Gasteiger partial charge in [0.2, 0.25) is 5.82 Å². The maximum absolute atomic E-state index is 11.9. The molecule has 0 unspecified atom stereocenters. The van der Waals surface area contributed by atoms with Crippen LogP contribution in [-0.2, 0) is 4.79 Å². The lowest BCUT2D eigenvalue weighted by atomic mass is 10.2. The van der Waals surface area contributed by atoms with E-state index in [1.807, 2.05) is 24.0 Å². The van der Waals surface area contributed by atoms with Crippen molar-refractivity contribution in [2.24, 2.45) is 5.10 Å². The Labute approximate surface area is 179 Å². The predicted octanol–water partition coefficient (Wildman–Crippen LogP) is 1.38. The van der Waals surface area contributed by atoms with Gasteiger partial charge in [-0.2, -0.15) is 5.10 Å². The summed E-state index contributed by atoms with van der Waals surface area (Å²) >= 11 is 0. The average Bonchev–Trinajstić information content (AvgIpc) is 2.74. The summed E-state index contributed by atoms with van der Waals surface area (Å²) in [6, 6.07) is 5.40. The van der Waals surface area contributed by atoms with Crippen LogP contribution in [-0.4, -0.2) is 47.1 Å². The Morgan fingerprint density at radius 1 is 1.16 bits per heavy atom. The number of unbranched alkanes of at least 4 members (excludes halogenated alkanes) is 3. The highest BCUT2D eigenvalue weighted by Crippen LogP contribution is 2.28. The maximum Gasteiger partial charge on any atom is 0.342 e. The summed E-state index contributed by atoms with van der Waals surface area (Å²) in [5.41, 5.74) is 1.59. The van der Waals surface area contributed by atoms with E-state index >= 15 is 0 Å². The second kappa shape index (κ2) is 12.8. The summed E-state index contributed by atoms with van der Waals surface area (Å²) in [7, 11) is 0. The van der Waals surface area contributed by atoms with Crippen molar-refractivity contribution in [1.29, 1.82) is 0 Å². The van der Waals surface area contributed by atoms with Gasteiger partial charge in [0.1, 0.15) is 0 Å². The molecule has 1 aromatic carbocycles. The summed E-state index contributed by atoms with van der Waals surface area (Å²) in [6.45, 7) is 4.92. The van der Waals surface area contributed by atoms with E-state index in [0.29, 0.717) is 30.3 Å². The lowest BCUT2D eigenvalue weighted by Crippen LogP contribution is -2.31. The first-order valence-corrected chi connectivity index (χ1v) is 10.2. The molecular weight excluding hydrogens is 404 g/mol. The summed E-state index contributed by atoms with van der Waals surface area (Å²) in [6.07, 6.45) is 5.95. The number of ether oxygens (including phenoxy) is 2. The van der Waals surface area contributed by atoms with E-state index in [1.165, 1.54) is 19.1 Å². The Kier molecular flexibility index (Phi) is 9.79. The summed E-state index contributed by atoms with van der Waals surface area (Å²) < 4.78 is 11.5. The fraction of sp³-hybridized carbons (Fsp3) is 0.450. The van der Waals surface area contributed by atoms with Crippen LogP contribution in [0.25, 0.3) is 0 Å². The molecule has 31 heavy (non-hydrogen) atoms. The van der Waals surface area contributed by atoms with Crippen molar-refractivity contribution in [3.63, 3.8) is 0 Å². The molecule has 2 aromatic rings. The molecule has 0 aliphatic rings. The van der Waals surface area contributed by atoms with Crippen molar-refractivity contribution in [2.45, 2.75) is 39.5 Å². The van der Waals surface area contributed by atoms with Gasteiger partial charge in [0.05, 0.1) is 26.0 Å². The molecule has 4 N–H and O–H groups in total. The van der Waals surface area contributed by atoms with Crippen LogP contribution in [0.5, 0.6) is 11.5 Å². The number of amides is 1. The van der Waals surface area contributed by atoms with E-state index < -0.39 is 17.2 Å². The van der Waals surface area contributed by atoms with Crippen LogP contribution >= 0.6 is 0 Å². The number of nitrogens with one attached hydrogen (secondary N) is 4. The molecule has 0 saturated heterocycles. The molecule has 0 aliphatic carbocycles. The molecule has 0 fully saturated rings. The van der Waals surface area contributed by atoms with Crippen molar-refractivity contribution in [3.05, 3.63) is 44.6 Å². The third-order valence-electron chi connectivity index (χ3n) is 4.05. The van der Waals surface area contributed by atoms with Crippen molar-refractivity contribution < 1.29 is 14.3 Å². The number of carbonyl (C=O) groups is 1. The number of H-pyrrole nitrogens is 2. The first-order chi connectivity index (χ1) is 15.0. The number of aromatic nitrogens is 3. The van der Waals surface area contributed by atoms with Crippen LogP contribution in [0.1, 0.15) is 45.1 Å². The number of anilines is 1. The predicted molar refractivity (Wildman–Crippen MR) is 117 cm³/mol. The van der Waals surface area contributed by atoms with Gasteiger partial charge in [0.25, 0.3) is 11.5 Å². The molecular formula is C20H28N6O5. The smallest absolute Gasteiger partial charge is 0.342 e. The standard InChI is InChI=1S/C20H28N6O5/c1-3-5-6-7-10-31-15-9-8-14(11-16(15)30-4-2)12-22-24-17(27)13-21-18-19(28)23-20(29)26-25-18/h8-9,11-12H,3-7,10,13H2,1-2H3,(H,21,25)(H,24,27)(H2,23,26,28,29)/b22-12+. The number of benzene rings is 1. The highest BCUT2D eigenvalue weighted by Gasteiger charge is 2.07. The normalized spacial score (nSPS) is 10.8. The Hall–Kier alpha value is -3.63. The molecule has 0 atom stereocenters. The second-order valence-electron chi connectivity index (χ2n) is 6.55. The highest BCUT2D eigenvalue weighted by atomic mass is 16.5. The van der Waals surface area contributed by atoms with Crippen LogP contribution in [0.2, 0.25) is 0 Å². The molecule has 2 rings (SSSR count). The van der Waals surface area contributed by atoms with E-state index in [4.69, 9.17) is 9.47 Å². The highest BCUT2D eigenvalue weighted by molar-refractivity contribution is 5.84. The maximum atomic E-state index is 11.9. The monoisotopic (exact) mass is 432 g/mol. The molecule has 0 spiro atoms. The molecule has 0 saturated carbocycles. The van der Waals surface area contributed by atoms with Gasteiger partial charge in [-0.15, -0.1) is 5.10 Å². The lowest BCUT2D eigenvalue weighted by molar-refractivity contribution is -0.119. The Balaban J connectivity index is 1.87. The van der Waals surface area contributed by atoms with Gasteiger partial charge in [-0.1, -0.05) is 26.2 Å². The molecule has 1 aromatic heterocycles. The van der Waals surface area contributed by atoms with Crippen molar-refractivity contribution in [1.82, 2.24) is 20.6 Å². The van der Waals surface area contributed by atoms with Crippen molar-refractivity contribution in [2.75, 3.05) is 25.1 Å². The summed E-state index contributed by atoms with van der Waals surface area (Å²) in [5.74, 6) is 0.603. The lowest BCUT2D eigenvalue weighted by Gasteiger charge is -2.12. The third-order valence-corrected chi connectivity index (χ3v) is 4.05. The fourth-order valence-electron chi connectivity index (χ4n) is 2.55. The molecule has 0 aliphatic heterocycles. The van der Waals surface area contributed by atoms with E-state index in [-0.39, 0.29) is 12.4 Å². The minimum absolute atomic E-state index is 0.176. The Morgan fingerprint density at radius 3 is 2.74 bits per heavy atom. The van der Waals surface area contributed by atoms with Gasteiger partial charge >= 0.3 is 5.69 Å². The van der Waals surface area contributed by atoms with Crippen LogP contribution in [0, 0.1) is 0 Å². The number of hydrogen-bond donors (Lipinski definition) is 4. The molecule has 1 heterocycles. The number of hydrogen-bond acceptors (Lipinski definition) is 8. The summed E-state index contributed by atoms with van der Waals surface area (Å²) in [5, 5.41) is 12.0. The van der Waals surface area contributed by atoms with E-state index in [0.717, 1.165) is 12.8 Å². The first-order valence-electron chi connectivity index (χ1n) is 10.2. The fourth-order valence-corrected chi connectivity index (χ4v) is 2.55. The topological polar surface area (TPSA) is 151 Å². The van der Waals surface area contributed by atoms with E-state index in [1.54, 1.807) is 6.07 Å². The third kappa shape index (κ3) is 8.33. The van der Waals surface area contributed by atoms with Gasteiger partial charge in [0, 0.05) is 0 Å². The van der Waals surface area contributed by atoms with E-state index in [2.05, 4.69) is 33.0 Å². The molecule has 11 heteroatoms. The van der Waals surface area contributed by atoms with Crippen LogP contribution in [0.4, 0.5) is 5.82 Å². The number of hydrazone groups is 1. The largest absolute Gasteiger partial charge is 0.490 e. The average molecular weight is 432 g/mol. The Morgan fingerprint density at radius 2 is 2.00 bits per heavy atom. The molecule has 11 nitrogen and oxygen atoms in total. The van der Waals surface area contributed by atoms with Crippen LogP contribution in [0.15, 0.2) is 32.9 Å². The quantitative estimate of drug-likeness (QED) is 0.212. The summed E-state index contributed by atoms with van der Waals surface area (Å²) in [4.78, 5) is 36.3. The minimum Gasteiger partial charge on any atom is -0.490 e. The van der Waals surface area contributed by atoms with Gasteiger partial charge in [-0.3, -0.25) is 14.6 Å². The Bertz CT molecular complexity index is 985. The molecule has 0 bridgehead atoms. The number of aromatic amines is 2. The zero-order valence-corrected chi connectivity index (χ0v) is 17.7. The number of rotatable bonds is 13. The van der Waals surface area contributed by atoms with Crippen molar-refractivity contribution in [3.8, 4) is 11.5 Å². The SMILES string of the molecule is CCCCCCOc1ccc(/C=N/NC(=O)CNc2n[nH]c(=O)[nH]c2=O)cc1OCC. The zero-order valence-electron chi connectivity index (χ0n) is 17.7. The second-order valence-corrected chi connectivity index (χ2v) is 6.55. The van der Waals surface area contributed by atoms with Crippen molar-refractivity contribution >= 4 is 17.9 Å². The van der Waals surface area contributed by atoms with Crippen LogP contribution in [0.3, 0.4) is 0 Å². The molecule has 0 radical (unpaired) electrons. The zero-order chi connectivity index (χ0) is 22.5. The van der Waals surface area contributed by atoms with Gasteiger partial charge < -0.3 is 14.8 Å². The van der Waals surface area contributed by atoms with Gasteiger partial charge in [-0.25, -0.2) is 15.3 Å². The number of nitrogens with zero attached hydrogens (tertiary/aromatic N) is 2. The van der Waals surface area contributed by atoms with Gasteiger partial charge in [0.15, 0.2) is 11.5 Å². The minimum atomic E-state index is -0.732. The molecule has 168 valence electrons. The molecule has 1 amide bonds.